The minimum atomic E-state index is 0.502. The van der Waals surface area contributed by atoms with Gasteiger partial charge in [0.25, 0.3) is 0 Å². The fourth-order valence-corrected chi connectivity index (χ4v) is 2.75. The van der Waals surface area contributed by atoms with Crippen molar-refractivity contribution in [2.24, 2.45) is 5.92 Å². The fraction of sp³-hybridized carbons (Fsp3) is 0.625. The van der Waals surface area contributed by atoms with Crippen molar-refractivity contribution in [2.75, 3.05) is 5.88 Å². The number of rotatable bonds is 6. The van der Waals surface area contributed by atoms with Gasteiger partial charge in [0.1, 0.15) is 0 Å². The topological polar surface area (TPSA) is 12.0 Å². The largest absolute Gasteiger partial charge is 0.310 e. The van der Waals surface area contributed by atoms with Gasteiger partial charge in [-0.1, -0.05) is 31.5 Å². The third-order valence-corrected chi connectivity index (χ3v) is 3.82. The molecule has 2 heteroatoms. The van der Waals surface area contributed by atoms with E-state index in [0.29, 0.717) is 12.0 Å². The van der Waals surface area contributed by atoms with E-state index < -0.39 is 0 Å². The number of benzene rings is 1. The zero-order valence-corrected chi connectivity index (χ0v) is 13.1. The van der Waals surface area contributed by atoms with E-state index in [4.69, 9.17) is 11.6 Å². The molecule has 1 nitrogen and oxygen atoms in total. The van der Waals surface area contributed by atoms with Crippen LogP contribution >= 0.6 is 11.6 Å². The molecule has 1 atom stereocenters. The van der Waals surface area contributed by atoms with Crippen molar-refractivity contribution < 1.29 is 0 Å². The summed E-state index contributed by atoms with van der Waals surface area (Å²) in [4.78, 5) is 0. The second kappa shape index (κ2) is 7.16. The van der Waals surface area contributed by atoms with Crippen LogP contribution in [-0.4, -0.2) is 11.9 Å². The smallest absolute Gasteiger partial charge is 0.0238 e. The highest BCUT2D eigenvalue weighted by Gasteiger charge is 2.13. The number of nitrogens with one attached hydrogen (secondary N) is 1. The van der Waals surface area contributed by atoms with Gasteiger partial charge in [-0.2, -0.15) is 0 Å². The highest BCUT2D eigenvalue weighted by atomic mass is 35.5. The van der Waals surface area contributed by atoms with Gasteiger partial charge >= 0.3 is 0 Å². The Kier molecular flexibility index (Phi) is 6.17. The average Bonchev–Trinajstić information content (AvgIpc) is 2.25. The van der Waals surface area contributed by atoms with Crippen molar-refractivity contribution >= 4 is 11.6 Å². The van der Waals surface area contributed by atoms with Crippen LogP contribution in [0.3, 0.4) is 0 Å². The molecule has 0 saturated heterocycles. The molecule has 1 unspecified atom stereocenters. The van der Waals surface area contributed by atoms with Crippen LogP contribution in [0.25, 0.3) is 0 Å². The van der Waals surface area contributed by atoms with Crippen molar-refractivity contribution in [3.05, 3.63) is 34.4 Å². The van der Waals surface area contributed by atoms with Crippen LogP contribution in [0, 0.1) is 26.7 Å². The summed E-state index contributed by atoms with van der Waals surface area (Å²) in [6.45, 7) is 12.0. The Balaban J connectivity index is 2.73. The van der Waals surface area contributed by atoms with E-state index in [1.165, 1.54) is 22.3 Å². The summed E-state index contributed by atoms with van der Waals surface area (Å²) in [5.74, 6) is 1.34. The van der Waals surface area contributed by atoms with E-state index in [1.807, 2.05) is 0 Å². The molecule has 0 heterocycles. The second-order valence-corrected chi connectivity index (χ2v) is 5.96. The zero-order chi connectivity index (χ0) is 13.7. The Hall–Kier alpha value is -0.530. The predicted octanol–water partition coefficient (Wildman–Crippen LogP) is 4.35. The minimum Gasteiger partial charge on any atom is -0.310 e. The molecular weight excluding hydrogens is 242 g/mol. The maximum Gasteiger partial charge on any atom is 0.0238 e. The number of halogens is 1. The van der Waals surface area contributed by atoms with Crippen LogP contribution in [0.15, 0.2) is 12.1 Å². The molecule has 0 radical (unpaired) electrons. The van der Waals surface area contributed by atoms with E-state index >= 15 is 0 Å². The summed E-state index contributed by atoms with van der Waals surface area (Å²) in [5.41, 5.74) is 5.54. The molecule has 1 aromatic rings. The van der Waals surface area contributed by atoms with Crippen LogP contribution in [0.1, 0.15) is 42.5 Å². The van der Waals surface area contributed by atoms with Gasteiger partial charge in [-0.15, -0.1) is 11.6 Å². The molecule has 1 N–H and O–H groups in total. The quantitative estimate of drug-likeness (QED) is 0.756. The lowest BCUT2D eigenvalue weighted by Crippen LogP contribution is -2.34. The van der Waals surface area contributed by atoms with Crippen LogP contribution in [0.2, 0.25) is 0 Å². The normalized spacial score (nSPS) is 13.1. The first-order valence-corrected chi connectivity index (χ1v) is 7.35. The van der Waals surface area contributed by atoms with Crippen molar-refractivity contribution in [1.29, 1.82) is 0 Å². The van der Waals surface area contributed by atoms with E-state index in [0.717, 1.165) is 18.8 Å². The maximum absolute atomic E-state index is 5.87. The molecule has 1 aromatic carbocycles. The van der Waals surface area contributed by atoms with Crippen LogP contribution in [0.5, 0.6) is 0 Å². The maximum atomic E-state index is 5.87. The molecule has 0 spiro atoms. The first-order chi connectivity index (χ1) is 8.45. The number of hydrogen-bond donors (Lipinski definition) is 1. The Morgan fingerprint density at radius 2 is 1.67 bits per heavy atom. The molecule has 1 rings (SSSR count). The number of aryl methyl sites for hydroxylation is 3. The van der Waals surface area contributed by atoms with Gasteiger partial charge in [0, 0.05) is 18.5 Å². The molecule has 0 aliphatic rings. The lowest BCUT2D eigenvalue weighted by molar-refractivity contribution is 0.388. The Morgan fingerprint density at radius 3 is 2.11 bits per heavy atom. The second-order valence-electron chi connectivity index (χ2n) is 5.59. The Bertz CT molecular complexity index is 362. The van der Waals surface area contributed by atoms with Gasteiger partial charge in [-0.3, -0.25) is 0 Å². The summed E-state index contributed by atoms with van der Waals surface area (Å²) in [7, 11) is 0. The van der Waals surface area contributed by atoms with Crippen molar-refractivity contribution in [1.82, 2.24) is 5.32 Å². The molecule has 102 valence electrons. The Morgan fingerprint density at radius 1 is 1.11 bits per heavy atom. The summed E-state index contributed by atoms with van der Waals surface area (Å²) in [5, 5.41) is 3.65. The van der Waals surface area contributed by atoms with Gasteiger partial charge in [-0.25, -0.2) is 0 Å². The predicted molar refractivity (Wildman–Crippen MR) is 81.5 cm³/mol. The van der Waals surface area contributed by atoms with Gasteiger partial charge in [0.05, 0.1) is 0 Å². The van der Waals surface area contributed by atoms with Gasteiger partial charge in [-0.05, 0) is 49.8 Å². The molecular formula is C16H26ClN. The molecule has 0 amide bonds. The monoisotopic (exact) mass is 267 g/mol. The standard InChI is InChI=1S/C16H26ClN/c1-11(2)16(6-7-17)18-10-15-13(4)8-12(3)9-14(15)5/h8-9,11,16,18H,6-7,10H2,1-5H3. The van der Waals surface area contributed by atoms with Gasteiger partial charge in [0.15, 0.2) is 0 Å². The number of alkyl halides is 1. The molecule has 0 aromatic heterocycles. The third kappa shape index (κ3) is 4.29. The van der Waals surface area contributed by atoms with Crippen LogP contribution < -0.4 is 5.32 Å². The van der Waals surface area contributed by atoms with Crippen molar-refractivity contribution in [3.8, 4) is 0 Å². The lowest BCUT2D eigenvalue weighted by atomic mass is 9.97. The SMILES string of the molecule is Cc1cc(C)c(CNC(CCCl)C(C)C)c(C)c1. The minimum absolute atomic E-state index is 0.502. The third-order valence-electron chi connectivity index (χ3n) is 3.61. The van der Waals surface area contributed by atoms with Gasteiger partial charge in [0.2, 0.25) is 0 Å². The summed E-state index contributed by atoms with van der Waals surface area (Å²) < 4.78 is 0. The Labute approximate surface area is 117 Å². The first-order valence-electron chi connectivity index (χ1n) is 6.81. The first kappa shape index (κ1) is 15.5. The molecule has 0 aliphatic heterocycles. The lowest BCUT2D eigenvalue weighted by Gasteiger charge is -2.23. The van der Waals surface area contributed by atoms with E-state index in [2.05, 4.69) is 52.1 Å². The average molecular weight is 268 g/mol. The molecule has 0 aliphatic carbocycles. The summed E-state index contributed by atoms with van der Waals surface area (Å²) >= 11 is 5.87. The van der Waals surface area contributed by atoms with E-state index in [9.17, 15) is 0 Å². The van der Waals surface area contributed by atoms with Crippen molar-refractivity contribution in [2.45, 2.75) is 53.6 Å². The fourth-order valence-electron chi connectivity index (χ4n) is 2.51. The number of hydrogen-bond acceptors (Lipinski definition) is 1. The zero-order valence-electron chi connectivity index (χ0n) is 12.3. The molecule has 0 saturated carbocycles. The molecule has 0 bridgehead atoms. The highest BCUT2D eigenvalue weighted by molar-refractivity contribution is 6.17. The highest BCUT2D eigenvalue weighted by Crippen LogP contribution is 2.17. The van der Waals surface area contributed by atoms with Crippen molar-refractivity contribution in [3.63, 3.8) is 0 Å². The van der Waals surface area contributed by atoms with E-state index in [-0.39, 0.29) is 0 Å². The van der Waals surface area contributed by atoms with Crippen LogP contribution in [0.4, 0.5) is 0 Å². The molecule has 18 heavy (non-hydrogen) atoms. The summed E-state index contributed by atoms with van der Waals surface area (Å²) in [6.07, 6.45) is 1.03. The van der Waals surface area contributed by atoms with Gasteiger partial charge < -0.3 is 5.32 Å². The van der Waals surface area contributed by atoms with Crippen LogP contribution in [-0.2, 0) is 6.54 Å². The summed E-state index contributed by atoms with van der Waals surface area (Å²) in [6, 6.07) is 5.02. The molecule has 0 fully saturated rings. The van der Waals surface area contributed by atoms with E-state index in [1.54, 1.807) is 0 Å².